The Labute approximate surface area is 179 Å². The van der Waals surface area contributed by atoms with Crippen LogP contribution in [-0.4, -0.2) is 27.1 Å². The van der Waals surface area contributed by atoms with Crippen LogP contribution in [0.25, 0.3) is 0 Å². The number of rotatable bonds is 9. The predicted molar refractivity (Wildman–Crippen MR) is 114 cm³/mol. The maximum absolute atomic E-state index is 13.1. The fraction of sp³-hybridized carbons (Fsp3) is 0.333. The molecule has 2 aromatic carbocycles. The van der Waals surface area contributed by atoms with Crippen LogP contribution in [0.15, 0.2) is 53.7 Å². The van der Waals surface area contributed by atoms with Gasteiger partial charge in [0.15, 0.2) is 17.1 Å². The first-order valence-corrected chi connectivity index (χ1v) is 10.7. The second kappa shape index (κ2) is 9.98. The molecule has 3 aromatic rings. The number of aromatic nitrogens is 3. The van der Waals surface area contributed by atoms with E-state index in [-0.39, 0.29) is 18.0 Å². The zero-order chi connectivity index (χ0) is 20.8. The third-order valence-electron chi connectivity index (χ3n) is 4.09. The van der Waals surface area contributed by atoms with Gasteiger partial charge >= 0.3 is 0 Å². The van der Waals surface area contributed by atoms with E-state index in [1.165, 1.54) is 12.1 Å². The van der Waals surface area contributed by atoms with E-state index in [1.54, 1.807) is 36.0 Å². The van der Waals surface area contributed by atoms with Crippen molar-refractivity contribution in [3.8, 4) is 11.5 Å². The van der Waals surface area contributed by atoms with Crippen LogP contribution in [0.2, 0.25) is 5.02 Å². The molecule has 0 saturated carbocycles. The summed E-state index contributed by atoms with van der Waals surface area (Å²) >= 11 is 7.46. The van der Waals surface area contributed by atoms with Gasteiger partial charge in [-0.25, -0.2) is 4.39 Å². The molecule has 5 nitrogen and oxygen atoms in total. The van der Waals surface area contributed by atoms with Gasteiger partial charge in [0.2, 0.25) is 0 Å². The standard InChI is InChI=1S/C21H23ClFN3O2S/c1-14(2)26-20(15(3)28-19-10-6-17(23)7-11-19)24-25-21(26)29-13-12-27-18-8-4-16(22)5-9-18/h4-11,14-15H,12-13H2,1-3H3. The first-order valence-electron chi connectivity index (χ1n) is 9.32. The van der Waals surface area contributed by atoms with Crippen molar-refractivity contribution < 1.29 is 13.9 Å². The molecule has 0 N–H and O–H groups in total. The fourth-order valence-corrected chi connectivity index (χ4v) is 3.76. The highest BCUT2D eigenvalue weighted by Crippen LogP contribution is 2.27. The summed E-state index contributed by atoms with van der Waals surface area (Å²) in [4.78, 5) is 0. The Bertz CT molecular complexity index is 917. The van der Waals surface area contributed by atoms with Gasteiger partial charge in [-0.2, -0.15) is 0 Å². The lowest BCUT2D eigenvalue weighted by Gasteiger charge is -2.19. The normalized spacial score (nSPS) is 12.2. The lowest BCUT2D eigenvalue weighted by atomic mass is 10.3. The molecule has 0 saturated heterocycles. The molecule has 0 amide bonds. The van der Waals surface area contributed by atoms with E-state index in [4.69, 9.17) is 21.1 Å². The van der Waals surface area contributed by atoms with E-state index in [0.717, 1.165) is 22.5 Å². The van der Waals surface area contributed by atoms with Gasteiger partial charge in [0.25, 0.3) is 0 Å². The lowest BCUT2D eigenvalue weighted by molar-refractivity contribution is 0.207. The average Bonchev–Trinajstić information content (AvgIpc) is 3.13. The van der Waals surface area contributed by atoms with Crippen LogP contribution < -0.4 is 9.47 Å². The first kappa shape index (κ1) is 21.5. The molecule has 3 rings (SSSR count). The smallest absolute Gasteiger partial charge is 0.191 e. The number of hydrogen-bond donors (Lipinski definition) is 0. The van der Waals surface area contributed by atoms with Gasteiger partial charge in [-0.15, -0.1) is 10.2 Å². The molecular weight excluding hydrogens is 413 g/mol. The molecule has 1 aromatic heterocycles. The van der Waals surface area contributed by atoms with E-state index in [0.29, 0.717) is 17.4 Å². The second-order valence-electron chi connectivity index (χ2n) is 6.67. The minimum atomic E-state index is -0.324. The number of nitrogens with zero attached hydrogens (tertiary/aromatic N) is 3. The molecule has 0 radical (unpaired) electrons. The van der Waals surface area contributed by atoms with Gasteiger partial charge in [0, 0.05) is 16.8 Å². The molecule has 8 heteroatoms. The van der Waals surface area contributed by atoms with Crippen molar-refractivity contribution >= 4 is 23.4 Å². The van der Waals surface area contributed by atoms with Crippen LogP contribution in [-0.2, 0) is 0 Å². The predicted octanol–water partition coefficient (Wildman–Crippen LogP) is 5.96. The van der Waals surface area contributed by atoms with Crippen molar-refractivity contribution in [1.29, 1.82) is 0 Å². The highest BCUT2D eigenvalue weighted by atomic mass is 35.5. The van der Waals surface area contributed by atoms with Crippen molar-refractivity contribution in [2.75, 3.05) is 12.4 Å². The zero-order valence-electron chi connectivity index (χ0n) is 16.5. The number of hydrogen-bond acceptors (Lipinski definition) is 5. The van der Waals surface area contributed by atoms with Gasteiger partial charge < -0.3 is 14.0 Å². The molecule has 29 heavy (non-hydrogen) atoms. The summed E-state index contributed by atoms with van der Waals surface area (Å²) in [6, 6.07) is 13.4. The first-order chi connectivity index (χ1) is 13.9. The molecule has 0 fully saturated rings. The monoisotopic (exact) mass is 435 g/mol. The van der Waals surface area contributed by atoms with E-state index in [9.17, 15) is 4.39 Å². The fourth-order valence-electron chi connectivity index (χ4n) is 2.74. The molecule has 1 atom stereocenters. The highest BCUT2D eigenvalue weighted by Gasteiger charge is 2.21. The number of halogens is 2. The van der Waals surface area contributed by atoms with Crippen molar-refractivity contribution in [1.82, 2.24) is 14.8 Å². The Balaban J connectivity index is 1.61. The number of benzene rings is 2. The van der Waals surface area contributed by atoms with Crippen LogP contribution in [0.1, 0.15) is 38.7 Å². The Hall–Kier alpha value is -2.25. The van der Waals surface area contributed by atoms with E-state index < -0.39 is 0 Å². The van der Waals surface area contributed by atoms with Crippen LogP contribution >= 0.6 is 23.4 Å². The summed E-state index contributed by atoms with van der Waals surface area (Å²) in [7, 11) is 0. The molecule has 154 valence electrons. The minimum absolute atomic E-state index is 0.166. The van der Waals surface area contributed by atoms with Crippen molar-refractivity contribution in [2.45, 2.75) is 38.1 Å². The van der Waals surface area contributed by atoms with Crippen molar-refractivity contribution in [3.05, 3.63) is 65.2 Å². The summed E-state index contributed by atoms with van der Waals surface area (Å²) < 4.78 is 26.8. The average molecular weight is 436 g/mol. The maximum Gasteiger partial charge on any atom is 0.191 e. The highest BCUT2D eigenvalue weighted by molar-refractivity contribution is 7.99. The Morgan fingerprint density at radius 2 is 1.66 bits per heavy atom. The Morgan fingerprint density at radius 1 is 1.00 bits per heavy atom. The third-order valence-corrected chi connectivity index (χ3v) is 5.25. The van der Waals surface area contributed by atoms with Gasteiger partial charge in [0.05, 0.1) is 6.61 Å². The SMILES string of the molecule is CC(Oc1ccc(F)cc1)c1nnc(SCCOc2ccc(Cl)cc2)n1C(C)C. The largest absolute Gasteiger partial charge is 0.493 e. The maximum atomic E-state index is 13.1. The third kappa shape index (κ3) is 5.87. The van der Waals surface area contributed by atoms with Crippen LogP contribution in [0.3, 0.4) is 0 Å². The summed E-state index contributed by atoms with van der Waals surface area (Å²) in [5.74, 6) is 2.52. The topological polar surface area (TPSA) is 49.2 Å². The van der Waals surface area contributed by atoms with Crippen molar-refractivity contribution in [2.24, 2.45) is 0 Å². The molecule has 1 heterocycles. The summed E-state index contributed by atoms with van der Waals surface area (Å²) in [5.41, 5.74) is 0. The lowest BCUT2D eigenvalue weighted by Crippen LogP contribution is -2.14. The van der Waals surface area contributed by atoms with E-state index in [1.807, 2.05) is 19.1 Å². The minimum Gasteiger partial charge on any atom is -0.493 e. The Kier molecular flexibility index (Phi) is 7.39. The molecule has 0 aliphatic carbocycles. The summed E-state index contributed by atoms with van der Waals surface area (Å²) in [5, 5.41) is 10.2. The molecule has 0 bridgehead atoms. The van der Waals surface area contributed by atoms with Gasteiger partial charge in [0.1, 0.15) is 17.3 Å². The second-order valence-corrected chi connectivity index (χ2v) is 8.17. The van der Waals surface area contributed by atoms with Crippen molar-refractivity contribution in [3.63, 3.8) is 0 Å². The number of ether oxygens (including phenoxy) is 2. The van der Waals surface area contributed by atoms with E-state index in [2.05, 4.69) is 28.6 Å². The molecule has 0 aliphatic heterocycles. The summed E-state index contributed by atoms with van der Waals surface area (Å²) in [6.45, 7) is 6.59. The Morgan fingerprint density at radius 3 is 2.31 bits per heavy atom. The number of thioether (sulfide) groups is 1. The van der Waals surface area contributed by atoms with Gasteiger partial charge in [-0.05, 0) is 69.3 Å². The van der Waals surface area contributed by atoms with Crippen LogP contribution in [0.5, 0.6) is 11.5 Å². The van der Waals surface area contributed by atoms with Gasteiger partial charge in [-0.1, -0.05) is 23.4 Å². The van der Waals surface area contributed by atoms with Gasteiger partial charge in [-0.3, -0.25) is 0 Å². The zero-order valence-corrected chi connectivity index (χ0v) is 18.1. The van der Waals surface area contributed by atoms with Crippen LogP contribution in [0, 0.1) is 5.82 Å². The quantitative estimate of drug-likeness (QED) is 0.306. The van der Waals surface area contributed by atoms with E-state index >= 15 is 0 Å². The molecule has 0 spiro atoms. The molecule has 1 unspecified atom stereocenters. The molecule has 0 aliphatic rings. The summed E-state index contributed by atoms with van der Waals surface area (Å²) in [6.07, 6.45) is -0.324. The van der Waals surface area contributed by atoms with Crippen LogP contribution in [0.4, 0.5) is 4.39 Å². The molecular formula is C21H23ClFN3O2S.